The quantitative estimate of drug-likeness (QED) is 0.432. The summed E-state index contributed by atoms with van der Waals surface area (Å²) >= 11 is 1.26. The van der Waals surface area contributed by atoms with E-state index in [0.717, 1.165) is 10.4 Å². The van der Waals surface area contributed by atoms with Crippen LogP contribution in [0.3, 0.4) is 0 Å². The van der Waals surface area contributed by atoms with E-state index in [0.29, 0.717) is 4.96 Å². The van der Waals surface area contributed by atoms with Crippen molar-refractivity contribution in [2.45, 2.75) is 4.90 Å². The number of aromatic nitrogens is 2. The molecule has 0 N–H and O–H groups in total. The molecular formula is C15H14N6O6S2. The Morgan fingerprint density at radius 3 is 2.38 bits per heavy atom. The van der Waals surface area contributed by atoms with Gasteiger partial charge in [0, 0.05) is 37.6 Å². The largest absolute Gasteiger partial charge is 0.373 e. The van der Waals surface area contributed by atoms with Gasteiger partial charge in [0.05, 0.1) is 4.92 Å². The van der Waals surface area contributed by atoms with Crippen LogP contribution in [-0.2, 0) is 10.0 Å². The zero-order valence-corrected chi connectivity index (χ0v) is 16.4. The van der Waals surface area contributed by atoms with Gasteiger partial charge in [-0.2, -0.15) is 13.7 Å². The monoisotopic (exact) mass is 438 g/mol. The van der Waals surface area contributed by atoms with E-state index in [1.807, 2.05) is 0 Å². The van der Waals surface area contributed by atoms with Crippen LogP contribution in [0.4, 0.5) is 17.3 Å². The first-order valence-electron chi connectivity index (χ1n) is 8.39. The van der Waals surface area contributed by atoms with Crippen LogP contribution < -0.4 is 4.90 Å². The summed E-state index contributed by atoms with van der Waals surface area (Å²) in [5.74, 6) is 0.0147. The third-order valence-electron chi connectivity index (χ3n) is 4.61. The van der Waals surface area contributed by atoms with Crippen LogP contribution >= 0.6 is 11.3 Å². The summed E-state index contributed by atoms with van der Waals surface area (Å²) in [6.45, 7) is 0.393. The molecule has 0 amide bonds. The summed E-state index contributed by atoms with van der Waals surface area (Å²) in [5.41, 5.74) is -0.486. The number of thiazole rings is 1. The van der Waals surface area contributed by atoms with E-state index in [2.05, 4.69) is 4.98 Å². The fourth-order valence-corrected chi connectivity index (χ4v) is 5.53. The number of anilines is 1. The van der Waals surface area contributed by atoms with Crippen LogP contribution in [0.15, 0.2) is 40.7 Å². The minimum Gasteiger partial charge on any atom is -0.358 e. The molecule has 29 heavy (non-hydrogen) atoms. The van der Waals surface area contributed by atoms with Crippen molar-refractivity contribution in [2.24, 2.45) is 0 Å². The number of sulfonamides is 1. The third-order valence-corrected chi connectivity index (χ3v) is 7.31. The van der Waals surface area contributed by atoms with Crippen molar-refractivity contribution in [3.8, 4) is 0 Å². The Morgan fingerprint density at radius 2 is 1.72 bits per heavy atom. The minimum atomic E-state index is -4.08. The molecule has 0 spiro atoms. The zero-order valence-electron chi connectivity index (χ0n) is 14.7. The van der Waals surface area contributed by atoms with Gasteiger partial charge in [0.15, 0.2) is 4.90 Å². The summed E-state index contributed by atoms with van der Waals surface area (Å²) < 4.78 is 28.3. The van der Waals surface area contributed by atoms with Crippen LogP contribution in [0.5, 0.6) is 0 Å². The Kier molecular flexibility index (Phi) is 4.68. The van der Waals surface area contributed by atoms with Crippen LogP contribution in [0.1, 0.15) is 0 Å². The van der Waals surface area contributed by atoms with E-state index in [1.54, 1.807) is 16.5 Å². The number of fused-ring (bicyclic) bond motifs is 1. The predicted molar refractivity (Wildman–Crippen MR) is 104 cm³/mol. The maximum atomic E-state index is 12.9. The molecule has 12 nitrogen and oxygen atoms in total. The van der Waals surface area contributed by atoms with Gasteiger partial charge < -0.3 is 15.0 Å². The SMILES string of the molecule is O=[N+]([O-])c1ccccc1S(=O)(=O)N1CCN(c2nc3sccn3c2[N+](=O)[O-])CC1. The average Bonchev–Trinajstić information content (AvgIpc) is 3.29. The van der Waals surface area contributed by atoms with Crippen molar-refractivity contribution in [1.82, 2.24) is 13.7 Å². The number of rotatable bonds is 5. The molecule has 1 aliphatic heterocycles. The van der Waals surface area contributed by atoms with Gasteiger partial charge in [0.2, 0.25) is 15.8 Å². The summed E-state index contributed by atoms with van der Waals surface area (Å²) in [4.78, 5) is 27.5. The van der Waals surface area contributed by atoms with Gasteiger partial charge in [0.25, 0.3) is 10.6 Å². The molecule has 1 aromatic carbocycles. The molecule has 2 aromatic heterocycles. The van der Waals surface area contributed by atoms with Crippen LogP contribution in [0.2, 0.25) is 0 Å². The van der Waals surface area contributed by atoms with E-state index in [1.165, 1.54) is 33.9 Å². The molecule has 0 saturated carbocycles. The summed E-state index contributed by atoms with van der Waals surface area (Å²) in [7, 11) is -4.08. The number of nitro benzene ring substituents is 1. The number of para-hydroxylation sites is 1. The van der Waals surface area contributed by atoms with Gasteiger partial charge in [-0.15, -0.1) is 0 Å². The Morgan fingerprint density at radius 1 is 1.03 bits per heavy atom. The molecule has 1 aliphatic rings. The minimum absolute atomic E-state index is 0.0245. The molecule has 3 aromatic rings. The molecule has 0 aliphatic carbocycles. The van der Waals surface area contributed by atoms with Crippen molar-refractivity contribution in [3.05, 3.63) is 56.1 Å². The number of piperazine rings is 1. The highest BCUT2D eigenvalue weighted by atomic mass is 32.2. The molecule has 3 heterocycles. The second kappa shape index (κ2) is 7.06. The van der Waals surface area contributed by atoms with E-state index < -0.39 is 25.6 Å². The first kappa shape index (κ1) is 19.2. The zero-order chi connectivity index (χ0) is 20.8. The molecule has 14 heteroatoms. The van der Waals surface area contributed by atoms with E-state index in [-0.39, 0.29) is 42.7 Å². The van der Waals surface area contributed by atoms with Gasteiger partial charge in [-0.05, 0) is 11.0 Å². The third kappa shape index (κ3) is 3.20. The maximum Gasteiger partial charge on any atom is 0.373 e. The van der Waals surface area contributed by atoms with Gasteiger partial charge in [0.1, 0.15) is 6.20 Å². The number of imidazole rings is 1. The lowest BCUT2D eigenvalue weighted by atomic mass is 10.3. The number of nitro groups is 2. The van der Waals surface area contributed by atoms with Crippen molar-refractivity contribution >= 4 is 43.6 Å². The normalized spacial score (nSPS) is 15.7. The Balaban J connectivity index is 1.59. The van der Waals surface area contributed by atoms with Crippen molar-refractivity contribution < 1.29 is 18.3 Å². The number of benzene rings is 1. The Labute approximate surface area is 168 Å². The van der Waals surface area contributed by atoms with Crippen LogP contribution in [-0.4, -0.2) is 58.1 Å². The fourth-order valence-electron chi connectivity index (χ4n) is 3.25. The topological polar surface area (TPSA) is 144 Å². The van der Waals surface area contributed by atoms with Crippen molar-refractivity contribution in [1.29, 1.82) is 0 Å². The first-order chi connectivity index (χ1) is 13.8. The summed E-state index contributed by atoms with van der Waals surface area (Å²) in [6, 6.07) is 5.18. The first-order valence-corrected chi connectivity index (χ1v) is 10.7. The van der Waals surface area contributed by atoms with Crippen LogP contribution in [0, 0.1) is 20.2 Å². The Bertz CT molecular complexity index is 1210. The molecule has 0 radical (unpaired) electrons. The van der Waals surface area contributed by atoms with E-state index >= 15 is 0 Å². The Hall–Kier alpha value is -3.10. The number of hydrogen-bond acceptors (Lipinski definition) is 9. The lowest BCUT2D eigenvalue weighted by Crippen LogP contribution is -2.49. The second-order valence-corrected chi connectivity index (χ2v) is 8.97. The average molecular weight is 438 g/mol. The molecule has 0 atom stereocenters. The molecule has 1 saturated heterocycles. The summed E-state index contributed by atoms with van der Waals surface area (Å²) in [5, 5.41) is 24.4. The number of hydrogen-bond donors (Lipinski definition) is 0. The standard InChI is InChI=1S/C15H14N6O6S2/c22-20(23)11-3-1-2-4-12(11)29(26,27)18-7-5-17(6-8-18)13-14(21(24)25)19-9-10-28-15(19)16-13/h1-4,9-10H,5-8H2. The lowest BCUT2D eigenvalue weighted by Gasteiger charge is -2.33. The molecular weight excluding hydrogens is 424 g/mol. The van der Waals surface area contributed by atoms with Gasteiger partial charge in [-0.25, -0.2) is 8.42 Å². The number of nitrogens with zero attached hydrogens (tertiary/aromatic N) is 6. The smallest absolute Gasteiger partial charge is 0.358 e. The van der Waals surface area contributed by atoms with Gasteiger partial charge in [-0.3, -0.25) is 10.1 Å². The van der Waals surface area contributed by atoms with Gasteiger partial charge in [-0.1, -0.05) is 23.5 Å². The molecule has 0 unspecified atom stereocenters. The lowest BCUT2D eigenvalue weighted by molar-refractivity contribution is -0.389. The van der Waals surface area contributed by atoms with E-state index in [4.69, 9.17) is 0 Å². The highest BCUT2D eigenvalue weighted by Gasteiger charge is 2.36. The fraction of sp³-hybridized carbons (Fsp3) is 0.267. The molecule has 4 rings (SSSR count). The van der Waals surface area contributed by atoms with Crippen molar-refractivity contribution in [2.75, 3.05) is 31.1 Å². The maximum absolute atomic E-state index is 12.9. The molecule has 1 fully saturated rings. The second-order valence-electron chi connectivity index (χ2n) is 6.19. The highest BCUT2D eigenvalue weighted by molar-refractivity contribution is 7.89. The van der Waals surface area contributed by atoms with Crippen molar-refractivity contribution in [3.63, 3.8) is 0 Å². The summed E-state index contributed by atoms with van der Waals surface area (Å²) in [6.07, 6.45) is 1.56. The predicted octanol–water partition coefficient (Wildman–Crippen LogP) is 1.72. The van der Waals surface area contributed by atoms with E-state index in [9.17, 15) is 28.6 Å². The molecule has 152 valence electrons. The molecule has 0 bridgehead atoms. The highest BCUT2D eigenvalue weighted by Crippen LogP contribution is 2.33. The van der Waals surface area contributed by atoms with Crippen LogP contribution in [0.25, 0.3) is 4.96 Å². The van der Waals surface area contributed by atoms with Gasteiger partial charge >= 0.3 is 5.82 Å².